The number of esters is 1. The SMILES string of the molecule is CCOC(=O)C(=N)CN1CCC(c2ccccc2)C1=O. The van der Waals surface area contributed by atoms with Gasteiger partial charge in [0.15, 0.2) is 0 Å². The van der Waals surface area contributed by atoms with Gasteiger partial charge in [-0.05, 0) is 18.9 Å². The van der Waals surface area contributed by atoms with Crippen LogP contribution in [0.4, 0.5) is 0 Å². The van der Waals surface area contributed by atoms with Gasteiger partial charge in [0.1, 0.15) is 5.71 Å². The van der Waals surface area contributed by atoms with Crippen molar-refractivity contribution in [3.63, 3.8) is 0 Å². The van der Waals surface area contributed by atoms with Crippen LogP contribution in [0.25, 0.3) is 0 Å². The van der Waals surface area contributed by atoms with Crippen molar-refractivity contribution < 1.29 is 14.3 Å². The number of benzene rings is 1. The molecule has 1 amide bonds. The normalized spacial score (nSPS) is 18.1. The number of ether oxygens (including phenoxy) is 1. The van der Waals surface area contributed by atoms with E-state index in [1.807, 2.05) is 30.3 Å². The predicted octanol–water partition coefficient (Wildman–Crippen LogP) is 1.59. The van der Waals surface area contributed by atoms with Gasteiger partial charge in [0.05, 0.1) is 19.1 Å². The Balaban J connectivity index is 1.98. The first kappa shape index (κ1) is 14.2. The van der Waals surface area contributed by atoms with Crippen LogP contribution in [-0.2, 0) is 14.3 Å². The van der Waals surface area contributed by atoms with Crippen LogP contribution in [-0.4, -0.2) is 42.2 Å². The third-order valence-corrected chi connectivity index (χ3v) is 3.37. The molecule has 1 heterocycles. The summed E-state index contributed by atoms with van der Waals surface area (Å²) in [4.78, 5) is 25.3. The highest BCUT2D eigenvalue weighted by Gasteiger charge is 2.33. The number of rotatable bonds is 5. The van der Waals surface area contributed by atoms with Gasteiger partial charge >= 0.3 is 5.97 Å². The Labute approximate surface area is 118 Å². The fourth-order valence-electron chi connectivity index (χ4n) is 2.36. The third-order valence-electron chi connectivity index (χ3n) is 3.37. The highest BCUT2D eigenvalue weighted by molar-refractivity contribution is 6.36. The van der Waals surface area contributed by atoms with Crippen LogP contribution < -0.4 is 0 Å². The van der Waals surface area contributed by atoms with Crippen molar-refractivity contribution in [1.29, 1.82) is 5.41 Å². The van der Waals surface area contributed by atoms with E-state index in [2.05, 4.69) is 0 Å². The number of carbonyl (C=O) groups excluding carboxylic acids is 2. The second-order valence-electron chi connectivity index (χ2n) is 4.71. The molecular formula is C15H18N2O3. The molecule has 106 valence electrons. The Kier molecular flexibility index (Phi) is 4.50. The molecule has 1 N–H and O–H groups in total. The Morgan fingerprint density at radius 1 is 1.40 bits per heavy atom. The Morgan fingerprint density at radius 2 is 2.10 bits per heavy atom. The van der Waals surface area contributed by atoms with Crippen LogP contribution in [0.2, 0.25) is 0 Å². The molecule has 1 atom stereocenters. The monoisotopic (exact) mass is 274 g/mol. The minimum atomic E-state index is -0.650. The van der Waals surface area contributed by atoms with E-state index < -0.39 is 5.97 Å². The van der Waals surface area contributed by atoms with Crippen LogP contribution >= 0.6 is 0 Å². The van der Waals surface area contributed by atoms with Crippen molar-refractivity contribution in [1.82, 2.24) is 4.90 Å². The molecule has 1 aromatic rings. The number of hydrogen-bond donors (Lipinski definition) is 1. The Morgan fingerprint density at radius 3 is 2.75 bits per heavy atom. The molecule has 2 rings (SSSR count). The van der Waals surface area contributed by atoms with Crippen molar-refractivity contribution >= 4 is 17.6 Å². The van der Waals surface area contributed by atoms with Crippen molar-refractivity contribution in [2.45, 2.75) is 19.3 Å². The number of nitrogens with zero attached hydrogens (tertiary/aromatic N) is 1. The van der Waals surface area contributed by atoms with Gasteiger partial charge in [0, 0.05) is 6.54 Å². The molecule has 1 fully saturated rings. The maximum Gasteiger partial charge on any atom is 0.353 e. The average molecular weight is 274 g/mol. The molecule has 0 bridgehead atoms. The van der Waals surface area contributed by atoms with Crippen LogP contribution in [0.3, 0.4) is 0 Å². The maximum atomic E-state index is 12.3. The molecule has 0 spiro atoms. The molecule has 0 aromatic heterocycles. The number of amides is 1. The summed E-state index contributed by atoms with van der Waals surface area (Å²) in [5, 5.41) is 7.65. The molecule has 0 radical (unpaired) electrons. The van der Waals surface area contributed by atoms with Gasteiger partial charge < -0.3 is 9.64 Å². The lowest BCUT2D eigenvalue weighted by Crippen LogP contribution is -2.35. The summed E-state index contributed by atoms with van der Waals surface area (Å²) >= 11 is 0. The summed E-state index contributed by atoms with van der Waals surface area (Å²) in [7, 11) is 0. The Hall–Kier alpha value is -2.17. The second-order valence-corrected chi connectivity index (χ2v) is 4.71. The zero-order valence-electron chi connectivity index (χ0n) is 11.5. The van der Waals surface area contributed by atoms with Crippen LogP contribution in [0.15, 0.2) is 30.3 Å². The van der Waals surface area contributed by atoms with E-state index in [0.29, 0.717) is 6.54 Å². The molecule has 1 unspecified atom stereocenters. The topological polar surface area (TPSA) is 70.5 Å². The molecule has 1 saturated heterocycles. The number of nitrogens with one attached hydrogen (secondary N) is 1. The van der Waals surface area contributed by atoms with E-state index in [1.54, 1.807) is 11.8 Å². The van der Waals surface area contributed by atoms with E-state index in [9.17, 15) is 9.59 Å². The summed E-state index contributed by atoms with van der Waals surface area (Å²) in [6, 6.07) is 9.60. The number of carbonyl (C=O) groups is 2. The molecule has 5 nitrogen and oxygen atoms in total. The molecule has 0 aliphatic carbocycles. The van der Waals surface area contributed by atoms with Crippen LogP contribution in [0.5, 0.6) is 0 Å². The Bertz CT molecular complexity index is 513. The molecule has 20 heavy (non-hydrogen) atoms. The lowest BCUT2D eigenvalue weighted by atomic mass is 9.98. The predicted molar refractivity (Wildman–Crippen MR) is 74.7 cm³/mol. The maximum absolute atomic E-state index is 12.3. The van der Waals surface area contributed by atoms with Gasteiger partial charge in [-0.3, -0.25) is 10.2 Å². The molecule has 1 aromatic carbocycles. The average Bonchev–Trinajstić information content (AvgIpc) is 2.81. The molecule has 1 aliphatic rings. The van der Waals surface area contributed by atoms with Gasteiger partial charge in [0.2, 0.25) is 5.91 Å². The van der Waals surface area contributed by atoms with Crippen molar-refractivity contribution in [2.24, 2.45) is 0 Å². The van der Waals surface area contributed by atoms with Crippen molar-refractivity contribution in [3.8, 4) is 0 Å². The minimum absolute atomic E-state index is 0.0229. The summed E-state index contributed by atoms with van der Waals surface area (Å²) in [5.74, 6) is -0.833. The summed E-state index contributed by atoms with van der Waals surface area (Å²) in [5.41, 5.74) is 0.816. The van der Waals surface area contributed by atoms with Crippen molar-refractivity contribution in [3.05, 3.63) is 35.9 Å². The lowest BCUT2D eigenvalue weighted by molar-refractivity contribution is -0.135. The largest absolute Gasteiger partial charge is 0.461 e. The summed E-state index contributed by atoms with van der Waals surface area (Å²) < 4.78 is 4.76. The van der Waals surface area contributed by atoms with Crippen LogP contribution in [0.1, 0.15) is 24.8 Å². The van der Waals surface area contributed by atoms with Gasteiger partial charge in [-0.15, -0.1) is 0 Å². The first-order valence-corrected chi connectivity index (χ1v) is 6.71. The number of hydrogen-bond acceptors (Lipinski definition) is 4. The fraction of sp³-hybridized carbons (Fsp3) is 0.400. The standard InChI is InChI=1S/C15H18N2O3/c1-2-20-15(19)13(16)10-17-9-8-12(14(17)18)11-6-4-3-5-7-11/h3-7,12,16H,2,8-10H2,1H3. The van der Waals surface area contributed by atoms with Gasteiger partial charge in [-0.1, -0.05) is 30.3 Å². The van der Waals surface area contributed by atoms with E-state index >= 15 is 0 Å². The van der Waals surface area contributed by atoms with E-state index in [1.165, 1.54) is 0 Å². The lowest BCUT2D eigenvalue weighted by Gasteiger charge is -2.16. The first-order chi connectivity index (χ1) is 9.63. The molecule has 1 aliphatic heterocycles. The smallest absolute Gasteiger partial charge is 0.353 e. The second kappa shape index (κ2) is 6.32. The van der Waals surface area contributed by atoms with E-state index in [0.717, 1.165) is 12.0 Å². The first-order valence-electron chi connectivity index (χ1n) is 6.71. The van der Waals surface area contributed by atoms with Gasteiger partial charge in [-0.2, -0.15) is 0 Å². The molecule has 5 heteroatoms. The summed E-state index contributed by atoms with van der Waals surface area (Å²) in [6.45, 7) is 2.53. The van der Waals surface area contributed by atoms with Gasteiger partial charge in [0.25, 0.3) is 0 Å². The summed E-state index contributed by atoms with van der Waals surface area (Å²) in [6.07, 6.45) is 0.721. The van der Waals surface area contributed by atoms with Gasteiger partial charge in [-0.25, -0.2) is 4.79 Å². The highest BCUT2D eigenvalue weighted by atomic mass is 16.5. The third kappa shape index (κ3) is 3.04. The quantitative estimate of drug-likeness (QED) is 0.654. The van der Waals surface area contributed by atoms with E-state index in [4.69, 9.17) is 10.1 Å². The zero-order chi connectivity index (χ0) is 14.5. The van der Waals surface area contributed by atoms with Crippen LogP contribution in [0, 0.1) is 5.41 Å². The highest BCUT2D eigenvalue weighted by Crippen LogP contribution is 2.28. The van der Waals surface area contributed by atoms with E-state index in [-0.39, 0.29) is 30.7 Å². The van der Waals surface area contributed by atoms with Crippen molar-refractivity contribution in [2.75, 3.05) is 19.7 Å². The fourth-order valence-corrected chi connectivity index (χ4v) is 2.36. The minimum Gasteiger partial charge on any atom is -0.461 e. The zero-order valence-corrected chi connectivity index (χ0v) is 11.5. The number of likely N-dealkylation sites (tertiary alicyclic amines) is 1. The molecular weight excluding hydrogens is 256 g/mol. The molecule has 0 saturated carbocycles.